The van der Waals surface area contributed by atoms with Gasteiger partial charge in [-0.2, -0.15) is 12.6 Å². The topological polar surface area (TPSA) is 3.24 Å². The molecule has 2 rings (SSSR count). The number of likely N-dealkylation sites (tertiary alicyclic amines) is 1. The van der Waals surface area contributed by atoms with Crippen LogP contribution in [0.2, 0.25) is 0 Å². The van der Waals surface area contributed by atoms with Gasteiger partial charge in [-0.1, -0.05) is 18.1 Å². The molecule has 0 saturated heterocycles. The van der Waals surface area contributed by atoms with Gasteiger partial charge in [-0.15, -0.1) is 0 Å². The first-order chi connectivity index (χ1) is 4.75. The maximum atomic E-state index is 4.36. The van der Waals surface area contributed by atoms with E-state index in [0.29, 0.717) is 5.25 Å². The highest BCUT2D eigenvalue weighted by Gasteiger charge is 2.31. The van der Waals surface area contributed by atoms with Crippen molar-refractivity contribution >= 4 is 12.6 Å². The molecule has 0 aromatic heterocycles. The predicted molar refractivity (Wildman–Crippen MR) is 46.5 cm³/mol. The Morgan fingerprint density at radius 1 is 1.50 bits per heavy atom. The van der Waals surface area contributed by atoms with E-state index >= 15 is 0 Å². The van der Waals surface area contributed by atoms with E-state index in [0.717, 1.165) is 6.54 Å². The Kier molecular flexibility index (Phi) is 1.53. The van der Waals surface area contributed by atoms with Crippen molar-refractivity contribution in [3.8, 4) is 0 Å². The van der Waals surface area contributed by atoms with E-state index in [4.69, 9.17) is 0 Å². The Bertz CT molecular complexity index is 170. The van der Waals surface area contributed by atoms with Crippen LogP contribution in [0.15, 0.2) is 11.1 Å². The van der Waals surface area contributed by atoms with Crippen LogP contribution in [0.25, 0.3) is 0 Å². The highest BCUT2D eigenvalue weighted by molar-refractivity contribution is 7.80. The molecule has 1 nitrogen and oxygen atoms in total. The Labute approximate surface area is 67.5 Å². The van der Waals surface area contributed by atoms with Crippen molar-refractivity contribution < 1.29 is 0 Å². The fourth-order valence-corrected chi connectivity index (χ4v) is 1.88. The molecule has 1 unspecified atom stereocenters. The summed E-state index contributed by atoms with van der Waals surface area (Å²) in [5.74, 6) is 0. The number of thiol groups is 1. The number of piperidine rings is 1. The van der Waals surface area contributed by atoms with Crippen LogP contribution in [0, 0.1) is 0 Å². The summed E-state index contributed by atoms with van der Waals surface area (Å²) in [5.41, 5.74) is 3.41. The summed E-state index contributed by atoms with van der Waals surface area (Å²) in [6.07, 6.45) is 1.34. The Hall–Kier alpha value is 0.0500. The second-order valence-electron chi connectivity index (χ2n) is 3.40. The lowest BCUT2D eigenvalue weighted by molar-refractivity contribution is 0.339. The lowest BCUT2D eigenvalue weighted by Gasteiger charge is -2.19. The minimum absolute atomic E-state index is 0.527. The van der Waals surface area contributed by atoms with Gasteiger partial charge in [0.15, 0.2) is 0 Å². The highest BCUT2D eigenvalue weighted by atomic mass is 32.1. The lowest BCUT2D eigenvalue weighted by Crippen LogP contribution is -2.28. The molecule has 0 saturated carbocycles. The van der Waals surface area contributed by atoms with E-state index in [-0.39, 0.29) is 0 Å². The third kappa shape index (κ3) is 1.23. The van der Waals surface area contributed by atoms with E-state index in [1.807, 2.05) is 0 Å². The summed E-state index contributed by atoms with van der Waals surface area (Å²) in [7, 11) is 0. The van der Waals surface area contributed by atoms with Gasteiger partial charge in [0.2, 0.25) is 0 Å². The monoisotopic (exact) mass is 155 g/mol. The molecule has 0 N–H and O–H groups in total. The normalized spacial score (nSPS) is 27.0. The summed E-state index contributed by atoms with van der Waals surface area (Å²) < 4.78 is 0. The van der Waals surface area contributed by atoms with Crippen molar-refractivity contribution in [1.82, 2.24) is 4.90 Å². The average Bonchev–Trinajstić information content (AvgIpc) is 2.39. The number of hydrogen-bond acceptors (Lipinski definition) is 2. The summed E-state index contributed by atoms with van der Waals surface area (Å²) in [6.45, 7) is 5.78. The third-order valence-corrected chi connectivity index (χ3v) is 2.32. The van der Waals surface area contributed by atoms with Crippen LogP contribution in [0.4, 0.5) is 0 Å². The average molecular weight is 155 g/mol. The molecule has 10 heavy (non-hydrogen) atoms. The number of hydrogen-bond donors (Lipinski definition) is 1. The fraction of sp³-hybridized carbons (Fsp3) is 0.750. The van der Waals surface area contributed by atoms with Crippen LogP contribution < -0.4 is 0 Å². The van der Waals surface area contributed by atoms with Crippen LogP contribution >= 0.6 is 12.6 Å². The Morgan fingerprint density at radius 3 is 2.60 bits per heavy atom. The highest BCUT2D eigenvalue weighted by Crippen LogP contribution is 2.37. The Morgan fingerprint density at radius 2 is 2.10 bits per heavy atom. The van der Waals surface area contributed by atoms with Gasteiger partial charge in [0, 0.05) is 24.9 Å². The first-order valence-corrected chi connectivity index (χ1v) is 4.37. The quantitative estimate of drug-likeness (QED) is 0.465. The second kappa shape index (κ2) is 2.28. The molecule has 2 heteroatoms. The number of nitrogens with zero attached hydrogens (tertiary/aromatic N) is 1. The molecular weight excluding hydrogens is 142 g/mol. The van der Waals surface area contributed by atoms with Crippen molar-refractivity contribution in [3.05, 3.63) is 11.1 Å². The van der Waals surface area contributed by atoms with Crippen molar-refractivity contribution in [3.63, 3.8) is 0 Å². The van der Waals surface area contributed by atoms with Crippen LogP contribution in [0.3, 0.4) is 0 Å². The van der Waals surface area contributed by atoms with Gasteiger partial charge in [0.1, 0.15) is 0 Å². The lowest BCUT2D eigenvalue weighted by atomic mass is 10.3. The van der Waals surface area contributed by atoms with Crippen molar-refractivity contribution in [2.24, 2.45) is 0 Å². The van der Waals surface area contributed by atoms with E-state index in [9.17, 15) is 0 Å². The van der Waals surface area contributed by atoms with Crippen molar-refractivity contribution in [1.29, 1.82) is 0 Å². The van der Waals surface area contributed by atoms with Crippen LogP contribution in [-0.2, 0) is 0 Å². The molecule has 0 aromatic rings. The van der Waals surface area contributed by atoms with Gasteiger partial charge in [0.05, 0.1) is 0 Å². The zero-order chi connectivity index (χ0) is 7.14. The molecule has 56 valence electrons. The maximum absolute atomic E-state index is 4.36. The van der Waals surface area contributed by atoms with Gasteiger partial charge in [-0.25, -0.2) is 0 Å². The standard InChI is InChI=1S/C8H13NS/c1-6(10)3-9-4-7-2-8(7)5-9/h6,10H,2-5H2,1H3. The molecule has 1 aliphatic heterocycles. The van der Waals surface area contributed by atoms with E-state index in [1.54, 1.807) is 11.1 Å². The predicted octanol–water partition coefficient (Wildman–Crippen LogP) is 1.32. The van der Waals surface area contributed by atoms with Crippen LogP contribution in [0.1, 0.15) is 13.3 Å². The summed E-state index contributed by atoms with van der Waals surface area (Å²) in [4.78, 5) is 2.48. The summed E-state index contributed by atoms with van der Waals surface area (Å²) in [5, 5.41) is 0.527. The van der Waals surface area contributed by atoms with E-state index < -0.39 is 0 Å². The summed E-state index contributed by atoms with van der Waals surface area (Å²) >= 11 is 4.36. The van der Waals surface area contributed by atoms with Gasteiger partial charge in [-0.05, 0) is 6.42 Å². The summed E-state index contributed by atoms with van der Waals surface area (Å²) in [6, 6.07) is 0. The molecule has 0 bridgehead atoms. The molecule has 1 heterocycles. The largest absolute Gasteiger partial charge is 0.294 e. The molecule has 1 aliphatic carbocycles. The molecule has 0 fully saturated rings. The molecule has 2 aliphatic rings. The first-order valence-electron chi connectivity index (χ1n) is 3.86. The van der Waals surface area contributed by atoms with Crippen LogP contribution in [-0.4, -0.2) is 29.8 Å². The molecular formula is C8H13NS. The van der Waals surface area contributed by atoms with Gasteiger partial charge in [-0.3, -0.25) is 4.90 Å². The maximum Gasteiger partial charge on any atom is 0.0203 e. The molecule has 1 atom stereocenters. The number of rotatable bonds is 2. The zero-order valence-electron chi connectivity index (χ0n) is 6.30. The molecule has 0 aromatic carbocycles. The van der Waals surface area contributed by atoms with Gasteiger partial charge in [0.25, 0.3) is 0 Å². The SMILES string of the molecule is CC(S)CN1CC2=C(C2)C1. The molecule has 0 spiro atoms. The zero-order valence-corrected chi connectivity index (χ0v) is 7.19. The van der Waals surface area contributed by atoms with Crippen molar-refractivity contribution in [2.75, 3.05) is 19.6 Å². The molecule has 0 radical (unpaired) electrons. The molecule has 0 amide bonds. The Balaban J connectivity index is 1.78. The fourth-order valence-electron chi connectivity index (χ4n) is 1.65. The van der Waals surface area contributed by atoms with Gasteiger partial charge >= 0.3 is 0 Å². The first kappa shape index (κ1) is 6.74. The van der Waals surface area contributed by atoms with Crippen LogP contribution in [0.5, 0.6) is 0 Å². The van der Waals surface area contributed by atoms with Crippen molar-refractivity contribution in [2.45, 2.75) is 18.6 Å². The van der Waals surface area contributed by atoms with E-state index in [1.165, 1.54) is 19.5 Å². The van der Waals surface area contributed by atoms with E-state index in [2.05, 4.69) is 24.5 Å². The van der Waals surface area contributed by atoms with Gasteiger partial charge < -0.3 is 0 Å². The minimum atomic E-state index is 0.527. The third-order valence-electron chi connectivity index (χ3n) is 2.15. The minimum Gasteiger partial charge on any atom is -0.294 e. The smallest absolute Gasteiger partial charge is 0.0203 e. The second-order valence-corrected chi connectivity index (χ2v) is 4.28.